The van der Waals surface area contributed by atoms with E-state index in [1.54, 1.807) is 0 Å². The third kappa shape index (κ3) is 2.44. The molecule has 1 aromatic carbocycles. The van der Waals surface area contributed by atoms with Gasteiger partial charge in [0.25, 0.3) is 6.43 Å². The Bertz CT molecular complexity index is 457. The van der Waals surface area contributed by atoms with E-state index in [1.165, 1.54) is 13.0 Å². The van der Waals surface area contributed by atoms with Crippen molar-refractivity contribution in [3.63, 3.8) is 0 Å². The number of rotatable bonds is 3. The predicted molar refractivity (Wildman–Crippen MR) is 53.5 cm³/mol. The number of nitrogen functional groups attached to an aromatic ring is 1. The Morgan fingerprint density at radius 3 is 2.47 bits per heavy atom. The zero-order chi connectivity index (χ0) is 11.6. The fourth-order valence-electron chi connectivity index (χ4n) is 1.18. The summed E-state index contributed by atoms with van der Waals surface area (Å²) in [5.41, 5.74) is 4.92. The standard InChI is InChI=1S/C9H11F2NO2S/c1-2-15(13,14)8-4-3-6(12)5-7(8)9(10)11/h3-5,9H,2,12H2,1H3. The SMILES string of the molecule is CCS(=O)(=O)c1ccc(N)cc1C(F)F. The van der Waals surface area contributed by atoms with E-state index in [1.807, 2.05) is 0 Å². The Morgan fingerprint density at radius 1 is 1.40 bits per heavy atom. The Morgan fingerprint density at radius 2 is 2.00 bits per heavy atom. The van der Waals surface area contributed by atoms with Crippen LogP contribution in [0.25, 0.3) is 0 Å². The van der Waals surface area contributed by atoms with Gasteiger partial charge in [0.05, 0.1) is 10.6 Å². The van der Waals surface area contributed by atoms with Gasteiger partial charge in [-0.15, -0.1) is 0 Å². The third-order valence-electron chi connectivity index (χ3n) is 1.98. The van der Waals surface area contributed by atoms with Crippen LogP contribution in [0.4, 0.5) is 14.5 Å². The Hall–Kier alpha value is -1.17. The molecule has 15 heavy (non-hydrogen) atoms. The first-order chi connectivity index (χ1) is 6.88. The molecule has 0 spiro atoms. The molecule has 1 rings (SSSR count). The lowest BCUT2D eigenvalue weighted by Crippen LogP contribution is -2.08. The van der Waals surface area contributed by atoms with Crippen molar-refractivity contribution in [2.24, 2.45) is 0 Å². The van der Waals surface area contributed by atoms with Gasteiger partial charge in [0, 0.05) is 11.3 Å². The highest BCUT2D eigenvalue weighted by molar-refractivity contribution is 7.91. The molecule has 0 bridgehead atoms. The van der Waals surface area contributed by atoms with Gasteiger partial charge in [0.2, 0.25) is 0 Å². The van der Waals surface area contributed by atoms with E-state index >= 15 is 0 Å². The molecule has 0 aliphatic heterocycles. The number of sulfone groups is 1. The predicted octanol–water partition coefficient (Wildman–Crippen LogP) is 2.00. The van der Waals surface area contributed by atoms with Gasteiger partial charge in [0.1, 0.15) is 0 Å². The van der Waals surface area contributed by atoms with E-state index in [-0.39, 0.29) is 16.3 Å². The molecule has 2 N–H and O–H groups in total. The van der Waals surface area contributed by atoms with Crippen LogP contribution in [0.1, 0.15) is 18.9 Å². The van der Waals surface area contributed by atoms with E-state index in [0.29, 0.717) is 0 Å². The fraction of sp³-hybridized carbons (Fsp3) is 0.333. The monoisotopic (exact) mass is 235 g/mol. The average Bonchev–Trinajstić information content (AvgIpc) is 2.17. The molecule has 1 aromatic rings. The minimum atomic E-state index is -3.63. The number of anilines is 1. The van der Waals surface area contributed by atoms with Gasteiger partial charge in [-0.2, -0.15) is 0 Å². The van der Waals surface area contributed by atoms with E-state index in [4.69, 9.17) is 5.73 Å². The van der Waals surface area contributed by atoms with Gasteiger partial charge < -0.3 is 5.73 Å². The number of hydrogen-bond donors (Lipinski definition) is 1. The average molecular weight is 235 g/mol. The molecule has 0 saturated heterocycles. The molecule has 3 nitrogen and oxygen atoms in total. The van der Waals surface area contributed by atoms with Crippen LogP contribution in [0.3, 0.4) is 0 Å². The van der Waals surface area contributed by atoms with Crippen LogP contribution < -0.4 is 5.73 Å². The van der Waals surface area contributed by atoms with Crippen LogP contribution in [-0.2, 0) is 9.84 Å². The van der Waals surface area contributed by atoms with E-state index in [0.717, 1.165) is 12.1 Å². The summed E-state index contributed by atoms with van der Waals surface area (Å²) in [6.45, 7) is 1.40. The third-order valence-corrected chi connectivity index (χ3v) is 3.79. The van der Waals surface area contributed by atoms with Gasteiger partial charge in [-0.25, -0.2) is 17.2 Å². The smallest absolute Gasteiger partial charge is 0.265 e. The molecule has 0 aliphatic carbocycles. The summed E-state index contributed by atoms with van der Waals surface area (Å²) in [6, 6.07) is 3.41. The molecular weight excluding hydrogens is 224 g/mol. The first-order valence-electron chi connectivity index (χ1n) is 4.29. The van der Waals surface area contributed by atoms with Gasteiger partial charge in [-0.3, -0.25) is 0 Å². The number of alkyl halides is 2. The lowest BCUT2D eigenvalue weighted by atomic mass is 10.2. The highest BCUT2D eigenvalue weighted by atomic mass is 32.2. The van der Waals surface area contributed by atoms with Crippen molar-refractivity contribution in [1.29, 1.82) is 0 Å². The zero-order valence-corrected chi connectivity index (χ0v) is 8.89. The quantitative estimate of drug-likeness (QED) is 0.815. The summed E-state index contributed by atoms with van der Waals surface area (Å²) in [6.07, 6.45) is -2.84. The van der Waals surface area contributed by atoms with Gasteiger partial charge >= 0.3 is 0 Å². The van der Waals surface area contributed by atoms with Crippen LogP contribution in [0.5, 0.6) is 0 Å². The first-order valence-corrected chi connectivity index (χ1v) is 5.94. The van der Waals surface area contributed by atoms with E-state index in [9.17, 15) is 17.2 Å². The van der Waals surface area contributed by atoms with Crippen LogP contribution in [0.2, 0.25) is 0 Å². The van der Waals surface area contributed by atoms with Crippen molar-refractivity contribution in [1.82, 2.24) is 0 Å². The van der Waals surface area contributed by atoms with Crippen molar-refractivity contribution < 1.29 is 17.2 Å². The summed E-state index contributed by atoms with van der Waals surface area (Å²) < 4.78 is 48.0. The van der Waals surface area contributed by atoms with Crippen molar-refractivity contribution in [2.45, 2.75) is 18.2 Å². The first kappa shape index (κ1) is 11.9. The maximum absolute atomic E-state index is 12.6. The molecule has 84 valence electrons. The Labute approximate surface area is 86.8 Å². The largest absolute Gasteiger partial charge is 0.399 e. The van der Waals surface area contributed by atoms with Crippen LogP contribution in [0, 0.1) is 0 Å². The molecule has 0 saturated carbocycles. The maximum atomic E-state index is 12.6. The van der Waals surface area contributed by atoms with Crippen LogP contribution in [-0.4, -0.2) is 14.2 Å². The summed E-state index contributed by atoms with van der Waals surface area (Å²) in [7, 11) is -3.63. The Balaban J connectivity index is 3.43. The molecular formula is C9H11F2NO2S. The lowest BCUT2D eigenvalue weighted by molar-refractivity contribution is 0.148. The minimum Gasteiger partial charge on any atom is -0.399 e. The molecule has 0 atom stereocenters. The summed E-state index contributed by atoms with van der Waals surface area (Å²) in [5, 5.41) is 0. The van der Waals surface area contributed by atoms with Crippen molar-refractivity contribution >= 4 is 15.5 Å². The van der Waals surface area contributed by atoms with E-state index < -0.39 is 21.8 Å². The molecule has 0 aromatic heterocycles. The zero-order valence-electron chi connectivity index (χ0n) is 8.07. The summed E-state index contributed by atoms with van der Waals surface area (Å²) in [5.74, 6) is -0.212. The highest BCUT2D eigenvalue weighted by Gasteiger charge is 2.21. The lowest BCUT2D eigenvalue weighted by Gasteiger charge is -2.09. The van der Waals surface area contributed by atoms with Crippen molar-refractivity contribution in [3.05, 3.63) is 23.8 Å². The number of nitrogens with two attached hydrogens (primary N) is 1. The second-order valence-electron chi connectivity index (χ2n) is 3.00. The molecule has 0 heterocycles. The normalized spacial score (nSPS) is 12.0. The second kappa shape index (κ2) is 4.14. The molecule has 6 heteroatoms. The van der Waals surface area contributed by atoms with E-state index in [2.05, 4.69) is 0 Å². The summed E-state index contributed by atoms with van der Waals surface area (Å²) >= 11 is 0. The van der Waals surface area contributed by atoms with Crippen molar-refractivity contribution in [2.75, 3.05) is 11.5 Å². The minimum absolute atomic E-state index is 0.125. The van der Waals surface area contributed by atoms with Crippen molar-refractivity contribution in [3.8, 4) is 0 Å². The fourth-order valence-corrected chi connectivity index (χ4v) is 2.27. The second-order valence-corrected chi connectivity index (χ2v) is 5.25. The molecule has 0 unspecified atom stereocenters. The van der Waals surface area contributed by atoms with Gasteiger partial charge in [-0.1, -0.05) is 6.92 Å². The number of halogens is 2. The Kier molecular flexibility index (Phi) is 3.28. The van der Waals surface area contributed by atoms with Gasteiger partial charge in [0.15, 0.2) is 9.84 Å². The molecule has 0 radical (unpaired) electrons. The van der Waals surface area contributed by atoms with Crippen LogP contribution in [0.15, 0.2) is 23.1 Å². The molecule has 0 fully saturated rings. The van der Waals surface area contributed by atoms with Crippen LogP contribution >= 0.6 is 0 Å². The van der Waals surface area contributed by atoms with Gasteiger partial charge in [-0.05, 0) is 18.2 Å². The molecule has 0 amide bonds. The maximum Gasteiger partial charge on any atom is 0.265 e. The topological polar surface area (TPSA) is 60.2 Å². The highest BCUT2D eigenvalue weighted by Crippen LogP contribution is 2.28. The molecule has 0 aliphatic rings. The number of hydrogen-bond acceptors (Lipinski definition) is 3. The summed E-state index contributed by atoms with van der Waals surface area (Å²) in [4.78, 5) is -0.339. The number of benzene rings is 1.